The molecule has 0 saturated carbocycles. The molecule has 1 aliphatic heterocycles. The molecule has 1 fully saturated rings. The average Bonchev–Trinajstić information content (AvgIpc) is 2.62. The van der Waals surface area contributed by atoms with E-state index in [1.54, 1.807) is 25.7 Å². The third-order valence-electron chi connectivity index (χ3n) is 2.77. The Morgan fingerprint density at radius 1 is 1.29 bits per heavy atom. The molecule has 5 nitrogen and oxygen atoms in total. The van der Waals surface area contributed by atoms with Gasteiger partial charge in [0.2, 0.25) is 6.79 Å². The number of hydrogen-bond donors (Lipinski definition) is 0. The van der Waals surface area contributed by atoms with Gasteiger partial charge in [0, 0.05) is 12.6 Å². The van der Waals surface area contributed by atoms with Crippen LogP contribution >= 0.6 is 0 Å². The predicted octanol–water partition coefficient (Wildman–Crippen LogP) is 2.15. The van der Waals surface area contributed by atoms with E-state index in [4.69, 9.17) is 9.47 Å². The molecule has 1 atom stereocenters. The van der Waals surface area contributed by atoms with Gasteiger partial charge >= 0.3 is 12.1 Å². The normalized spacial score (nSPS) is 20.2. The molecule has 1 aliphatic rings. The molecular weight excluding hydrogens is 222 g/mol. The van der Waals surface area contributed by atoms with Crippen molar-refractivity contribution in [2.24, 2.45) is 5.41 Å². The molecule has 0 radical (unpaired) electrons. The highest BCUT2D eigenvalue weighted by Gasteiger charge is 2.27. The number of carbonyl (C=O) groups is 2. The van der Waals surface area contributed by atoms with Crippen LogP contribution in [-0.2, 0) is 14.3 Å². The number of amides is 1. The van der Waals surface area contributed by atoms with Gasteiger partial charge in [0.15, 0.2) is 0 Å². The molecule has 0 aromatic carbocycles. The minimum atomic E-state index is -0.576. The smallest absolute Gasteiger partial charge is 0.412 e. The Morgan fingerprint density at radius 2 is 1.94 bits per heavy atom. The highest BCUT2D eigenvalue weighted by molar-refractivity contribution is 5.75. The highest BCUT2D eigenvalue weighted by atomic mass is 16.7. The number of carbonyl (C=O) groups excluding carboxylic acids is 2. The molecule has 0 aromatic rings. The molecule has 1 heterocycles. The van der Waals surface area contributed by atoms with Gasteiger partial charge in [-0.2, -0.15) is 0 Å². The molecule has 5 heteroatoms. The first-order valence-electron chi connectivity index (χ1n) is 5.93. The standard InChI is InChI=1S/C12H21NO4/c1-9-6-5-7-13(9)11(15)17-8-16-10(14)12(2,3)4/h9H,5-8H2,1-4H3/t9-/m1/s1. The Labute approximate surface area is 102 Å². The molecule has 1 saturated heterocycles. The summed E-state index contributed by atoms with van der Waals surface area (Å²) in [5.74, 6) is -0.375. The largest absolute Gasteiger partial charge is 0.427 e. The van der Waals surface area contributed by atoms with Crippen molar-refractivity contribution < 1.29 is 19.1 Å². The average molecular weight is 243 g/mol. The van der Waals surface area contributed by atoms with Crippen molar-refractivity contribution in [3.63, 3.8) is 0 Å². The summed E-state index contributed by atoms with van der Waals surface area (Å²) in [6.45, 7) is 7.64. The third-order valence-corrected chi connectivity index (χ3v) is 2.77. The molecule has 0 aliphatic carbocycles. The summed E-state index contributed by atoms with van der Waals surface area (Å²) in [7, 11) is 0. The Balaban J connectivity index is 2.27. The van der Waals surface area contributed by atoms with Gasteiger partial charge in [-0.1, -0.05) is 0 Å². The molecule has 0 N–H and O–H groups in total. The van der Waals surface area contributed by atoms with E-state index in [2.05, 4.69) is 0 Å². The first kappa shape index (κ1) is 13.8. The lowest BCUT2D eigenvalue weighted by Crippen LogP contribution is -2.35. The molecule has 98 valence electrons. The van der Waals surface area contributed by atoms with E-state index < -0.39 is 11.5 Å². The maximum absolute atomic E-state index is 11.6. The minimum Gasteiger partial charge on any atom is -0.427 e. The van der Waals surface area contributed by atoms with Gasteiger partial charge in [-0.25, -0.2) is 4.79 Å². The number of hydrogen-bond acceptors (Lipinski definition) is 4. The van der Waals surface area contributed by atoms with Crippen molar-refractivity contribution in [1.29, 1.82) is 0 Å². The third kappa shape index (κ3) is 3.91. The zero-order valence-corrected chi connectivity index (χ0v) is 11.0. The van der Waals surface area contributed by atoms with E-state index in [1.165, 1.54) is 0 Å². The molecule has 1 amide bonds. The lowest BCUT2D eigenvalue weighted by Gasteiger charge is -2.21. The number of nitrogens with zero attached hydrogens (tertiary/aromatic N) is 1. The summed E-state index contributed by atoms with van der Waals surface area (Å²) in [6, 6.07) is 0.209. The lowest BCUT2D eigenvalue weighted by atomic mass is 9.98. The van der Waals surface area contributed by atoms with Gasteiger partial charge in [0.25, 0.3) is 0 Å². The molecule has 0 bridgehead atoms. The van der Waals surface area contributed by atoms with Crippen LogP contribution in [0.3, 0.4) is 0 Å². The Bertz CT molecular complexity index is 295. The quantitative estimate of drug-likeness (QED) is 0.551. The fourth-order valence-electron chi connectivity index (χ4n) is 1.64. The van der Waals surface area contributed by atoms with Crippen molar-refractivity contribution in [3.05, 3.63) is 0 Å². The van der Waals surface area contributed by atoms with E-state index in [9.17, 15) is 9.59 Å². The SMILES string of the molecule is C[C@@H]1CCCN1C(=O)OCOC(=O)C(C)(C)C. The maximum Gasteiger partial charge on any atom is 0.412 e. The van der Waals surface area contributed by atoms with Crippen LogP contribution in [0.25, 0.3) is 0 Å². The second kappa shape index (κ2) is 5.38. The van der Waals surface area contributed by atoms with Crippen molar-refractivity contribution in [2.45, 2.75) is 46.6 Å². The van der Waals surface area contributed by atoms with Crippen LogP contribution in [-0.4, -0.2) is 36.3 Å². The molecule has 1 rings (SSSR count). The van der Waals surface area contributed by atoms with Crippen molar-refractivity contribution >= 4 is 12.1 Å². The van der Waals surface area contributed by atoms with Gasteiger partial charge in [0.05, 0.1) is 5.41 Å². The van der Waals surface area contributed by atoms with E-state index in [0.29, 0.717) is 6.54 Å². The summed E-state index contributed by atoms with van der Waals surface area (Å²) < 4.78 is 9.77. The summed E-state index contributed by atoms with van der Waals surface area (Å²) in [5.41, 5.74) is -0.576. The van der Waals surface area contributed by atoms with Crippen LogP contribution < -0.4 is 0 Å². The summed E-state index contributed by atoms with van der Waals surface area (Å²) in [6.07, 6.45) is 1.59. The van der Waals surface area contributed by atoms with Crippen LogP contribution in [0.1, 0.15) is 40.5 Å². The Hall–Kier alpha value is -1.26. The monoisotopic (exact) mass is 243 g/mol. The van der Waals surface area contributed by atoms with Gasteiger partial charge in [-0.3, -0.25) is 4.79 Å². The first-order chi connectivity index (χ1) is 7.82. The molecule has 0 spiro atoms. The van der Waals surface area contributed by atoms with Gasteiger partial charge in [-0.05, 0) is 40.5 Å². The van der Waals surface area contributed by atoms with E-state index in [1.807, 2.05) is 6.92 Å². The van der Waals surface area contributed by atoms with Crippen molar-refractivity contribution in [3.8, 4) is 0 Å². The topological polar surface area (TPSA) is 55.8 Å². The zero-order valence-electron chi connectivity index (χ0n) is 11.0. The second-order valence-corrected chi connectivity index (χ2v) is 5.39. The van der Waals surface area contributed by atoms with E-state index in [0.717, 1.165) is 12.8 Å². The molecule has 17 heavy (non-hydrogen) atoms. The number of ether oxygens (including phenoxy) is 2. The van der Waals surface area contributed by atoms with Gasteiger partial charge in [-0.15, -0.1) is 0 Å². The fourth-order valence-corrected chi connectivity index (χ4v) is 1.64. The van der Waals surface area contributed by atoms with Crippen LogP contribution in [0, 0.1) is 5.41 Å². The zero-order chi connectivity index (χ0) is 13.1. The second-order valence-electron chi connectivity index (χ2n) is 5.39. The van der Waals surface area contributed by atoms with Crippen molar-refractivity contribution in [2.75, 3.05) is 13.3 Å². The summed E-state index contributed by atoms with van der Waals surface area (Å²) in [5, 5.41) is 0. The number of likely N-dealkylation sites (tertiary alicyclic amines) is 1. The molecular formula is C12H21NO4. The van der Waals surface area contributed by atoms with Crippen LogP contribution in [0.2, 0.25) is 0 Å². The van der Waals surface area contributed by atoms with Crippen molar-refractivity contribution in [1.82, 2.24) is 4.90 Å². The van der Waals surface area contributed by atoms with Crippen LogP contribution in [0.15, 0.2) is 0 Å². The Kier molecular flexibility index (Phi) is 4.37. The Morgan fingerprint density at radius 3 is 2.41 bits per heavy atom. The van der Waals surface area contributed by atoms with Gasteiger partial charge in [0.1, 0.15) is 0 Å². The van der Waals surface area contributed by atoms with E-state index in [-0.39, 0.29) is 18.8 Å². The van der Waals surface area contributed by atoms with Crippen LogP contribution in [0.4, 0.5) is 4.79 Å². The van der Waals surface area contributed by atoms with Gasteiger partial charge < -0.3 is 14.4 Å². The lowest BCUT2D eigenvalue weighted by molar-refractivity contribution is -0.161. The highest BCUT2D eigenvalue weighted by Crippen LogP contribution is 2.18. The molecule has 0 unspecified atom stereocenters. The summed E-state index contributed by atoms with van der Waals surface area (Å²) >= 11 is 0. The molecule has 0 aromatic heterocycles. The fraction of sp³-hybridized carbons (Fsp3) is 0.833. The number of rotatable bonds is 2. The van der Waals surface area contributed by atoms with E-state index >= 15 is 0 Å². The summed E-state index contributed by atoms with van der Waals surface area (Å²) in [4.78, 5) is 24.7. The maximum atomic E-state index is 11.6. The number of esters is 1. The van der Waals surface area contributed by atoms with Crippen LogP contribution in [0.5, 0.6) is 0 Å². The minimum absolute atomic E-state index is 0.209. The predicted molar refractivity (Wildman–Crippen MR) is 62.3 cm³/mol. The first-order valence-corrected chi connectivity index (χ1v) is 5.93.